The van der Waals surface area contributed by atoms with Crippen LogP contribution in [0.2, 0.25) is 0 Å². The van der Waals surface area contributed by atoms with E-state index in [9.17, 15) is 4.79 Å². The number of oxazole rings is 1. The highest BCUT2D eigenvalue weighted by atomic mass is 32.2. The Kier molecular flexibility index (Phi) is 3.93. The molecule has 0 saturated carbocycles. The van der Waals surface area contributed by atoms with Gasteiger partial charge in [0.1, 0.15) is 5.52 Å². The van der Waals surface area contributed by atoms with E-state index in [0.717, 1.165) is 28.3 Å². The number of aromatic nitrogens is 1. The van der Waals surface area contributed by atoms with E-state index in [2.05, 4.69) is 15.6 Å². The summed E-state index contributed by atoms with van der Waals surface area (Å²) in [5.41, 5.74) is 2.82. The first-order valence-corrected chi connectivity index (χ1v) is 7.83. The minimum atomic E-state index is -0.0640. The van der Waals surface area contributed by atoms with Crippen LogP contribution in [0.5, 0.6) is 0 Å². The highest BCUT2D eigenvalue weighted by Gasteiger charge is 2.21. The predicted octanol–water partition coefficient (Wildman–Crippen LogP) is 1.46. The van der Waals surface area contributed by atoms with E-state index in [0.29, 0.717) is 18.9 Å². The quantitative estimate of drug-likeness (QED) is 0.892. The van der Waals surface area contributed by atoms with Crippen molar-refractivity contribution in [1.82, 2.24) is 15.6 Å². The van der Waals surface area contributed by atoms with Crippen molar-refractivity contribution in [2.75, 3.05) is 18.2 Å². The molecular weight excluding hydrogens is 274 g/mol. The van der Waals surface area contributed by atoms with Crippen molar-refractivity contribution in [3.05, 3.63) is 29.7 Å². The van der Waals surface area contributed by atoms with Gasteiger partial charge in [0.15, 0.2) is 11.5 Å². The topological polar surface area (TPSA) is 67.2 Å². The van der Waals surface area contributed by atoms with Gasteiger partial charge >= 0.3 is 0 Å². The van der Waals surface area contributed by atoms with Gasteiger partial charge in [-0.3, -0.25) is 10.1 Å². The van der Waals surface area contributed by atoms with Crippen LogP contribution in [0.15, 0.2) is 22.6 Å². The Labute approximate surface area is 121 Å². The third-order valence-corrected chi connectivity index (χ3v) is 4.28. The Bertz CT molecular complexity index is 620. The second-order valence-corrected chi connectivity index (χ2v) is 5.87. The number of nitrogens with zero attached hydrogens (tertiary/aromatic N) is 1. The molecule has 5 nitrogen and oxygen atoms in total. The zero-order chi connectivity index (χ0) is 13.9. The van der Waals surface area contributed by atoms with Crippen LogP contribution in [0, 0.1) is 6.92 Å². The second-order valence-electron chi connectivity index (χ2n) is 4.84. The van der Waals surface area contributed by atoms with Crippen molar-refractivity contribution >= 4 is 28.8 Å². The van der Waals surface area contributed by atoms with Crippen molar-refractivity contribution in [3.8, 4) is 0 Å². The fraction of sp³-hybridized carbons (Fsp3) is 0.429. The van der Waals surface area contributed by atoms with Crippen molar-refractivity contribution in [2.45, 2.75) is 19.4 Å². The number of aryl methyl sites for hydroxylation is 1. The van der Waals surface area contributed by atoms with Crippen molar-refractivity contribution in [2.24, 2.45) is 0 Å². The summed E-state index contributed by atoms with van der Waals surface area (Å²) in [4.78, 5) is 16.3. The normalized spacial score (nSPS) is 18.6. The Hall–Kier alpha value is -1.53. The summed E-state index contributed by atoms with van der Waals surface area (Å²) < 4.78 is 5.67. The van der Waals surface area contributed by atoms with Crippen LogP contribution < -0.4 is 10.6 Å². The first kappa shape index (κ1) is 13.5. The summed E-state index contributed by atoms with van der Waals surface area (Å²) in [5, 5.41) is 6.06. The maximum absolute atomic E-state index is 11.8. The van der Waals surface area contributed by atoms with Crippen LogP contribution in [0.25, 0.3) is 11.1 Å². The smallest absolute Gasteiger partial charge is 0.238 e. The van der Waals surface area contributed by atoms with Crippen LogP contribution in [-0.2, 0) is 11.2 Å². The lowest BCUT2D eigenvalue weighted by Crippen LogP contribution is -2.42. The fourth-order valence-corrected chi connectivity index (χ4v) is 3.16. The lowest BCUT2D eigenvalue weighted by Gasteiger charge is -2.09. The van der Waals surface area contributed by atoms with E-state index in [1.54, 1.807) is 11.8 Å². The molecule has 106 valence electrons. The summed E-state index contributed by atoms with van der Waals surface area (Å²) in [7, 11) is 0. The fourth-order valence-electron chi connectivity index (χ4n) is 2.22. The number of amides is 1. The number of para-hydroxylation sites is 1. The third-order valence-electron chi connectivity index (χ3n) is 3.34. The van der Waals surface area contributed by atoms with Gasteiger partial charge in [0, 0.05) is 24.6 Å². The summed E-state index contributed by atoms with van der Waals surface area (Å²) in [6, 6.07) is 5.82. The largest absolute Gasteiger partial charge is 0.441 e. The highest BCUT2D eigenvalue weighted by molar-refractivity contribution is 7.99. The molecule has 1 saturated heterocycles. The monoisotopic (exact) mass is 291 g/mol. The molecule has 1 amide bonds. The molecule has 1 aromatic heterocycles. The summed E-state index contributed by atoms with van der Waals surface area (Å²) >= 11 is 1.74. The number of nitrogens with one attached hydrogen (secondary N) is 2. The minimum Gasteiger partial charge on any atom is -0.441 e. The van der Waals surface area contributed by atoms with Crippen LogP contribution >= 0.6 is 11.8 Å². The number of hydrogen-bond acceptors (Lipinski definition) is 5. The number of thioether (sulfide) groups is 1. The molecule has 2 heterocycles. The van der Waals surface area contributed by atoms with Gasteiger partial charge in [-0.05, 0) is 18.6 Å². The molecule has 1 aliphatic rings. The van der Waals surface area contributed by atoms with Gasteiger partial charge in [-0.2, -0.15) is 0 Å². The summed E-state index contributed by atoms with van der Waals surface area (Å²) in [6.45, 7) is 2.56. The average Bonchev–Trinajstić information content (AvgIpc) is 3.07. The number of carbonyl (C=O) groups is 1. The molecular formula is C14H17N3O2S. The molecule has 2 aromatic rings. The molecule has 20 heavy (non-hydrogen) atoms. The molecule has 1 unspecified atom stereocenters. The second kappa shape index (κ2) is 5.85. The Morgan fingerprint density at radius 2 is 2.50 bits per heavy atom. The molecule has 0 spiro atoms. The van der Waals surface area contributed by atoms with Gasteiger partial charge in [0.25, 0.3) is 0 Å². The number of carbonyl (C=O) groups excluding carboxylic acids is 1. The number of benzene rings is 1. The number of hydrogen-bond donors (Lipinski definition) is 2. The zero-order valence-electron chi connectivity index (χ0n) is 11.3. The van der Waals surface area contributed by atoms with Crippen molar-refractivity contribution in [1.29, 1.82) is 0 Å². The molecule has 1 aromatic carbocycles. The molecule has 1 aliphatic heterocycles. The van der Waals surface area contributed by atoms with Crippen molar-refractivity contribution in [3.63, 3.8) is 0 Å². The van der Waals surface area contributed by atoms with Gasteiger partial charge in [-0.1, -0.05) is 12.1 Å². The molecule has 2 N–H and O–H groups in total. The maximum atomic E-state index is 11.8. The molecule has 6 heteroatoms. The number of fused-ring (bicyclic) bond motifs is 1. The van der Waals surface area contributed by atoms with E-state index in [-0.39, 0.29) is 11.9 Å². The van der Waals surface area contributed by atoms with E-state index in [1.165, 1.54) is 0 Å². The predicted molar refractivity (Wildman–Crippen MR) is 79.7 cm³/mol. The van der Waals surface area contributed by atoms with Crippen LogP contribution in [0.3, 0.4) is 0 Å². The van der Waals surface area contributed by atoms with E-state index in [4.69, 9.17) is 4.42 Å². The first-order valence-electron chi connectivity index (χ1n) is 6.68. The Morgan fingerprint density at radius 1 is 1.60 bits per heavy atom. The molecule has 1 fully saturated rings. The van der Waals surface area contributed by atoms with Gasteiger partial charge in [-0.15, -0.1) is 11.8 Å². The van der Waals surface area contributed by atoms with Gasteiger partial charge in [0.05, 0.1) is 6.04 Å². The first-order chi connectivity index (χ1) is 9.74. The van der Waals surface area contributed by atoms with E-state index >= 15 is 0 Å². The van der Waals surface area contributed by atoms with Crippen LogP contribution in [0.1, 0.15) is 11.5 Å². The molecule has 3 rings (SSSR count). The van der Waals surface area contributed by atoms with Gasteiger partial charge in [0.2, 0.25) is 5.91 Å². The molecule has 0 bridgehead atoms. The standard InChI is InChI=1S/C14H17N3O2S/c1-9-3-2-4-11-13(9)17-12(19-11)5-6-15-14(18)10-7-20-8-16-10/h2-4,10,16H,5-8H2,1H3,(H,15,18). The SMILES string of the molecule is Cc1cccc2oc(CCNC(=O)C3CSCN3)nc12. The lowest BCUT2D eigenvalue weighted by molar-refractivity contribution is -0.122. The molecule has 0 aliphatic carbocycles. The third kappa shape index (κ3) is 2.81. The van der Waals surface area contributed by atoms with Crippen LogP contribution in [0.4, 0.5) is 0 Å². The summed E-state index contributed by atoms with van der Waals surface area (Å²) in [5.74, 6) is 2.42. The molecule has 0 radical (unpaired) electrons. The van der Waals surface area contributed by atoms with Crippen LogP contribution in [-0.4, -0.2) is 35.1 Å². The van der Waals surface area contributed by atoms with E-state index < -0.39 is 0 Å². The van der Waals surface area contributed by atoms with Crippen molar-refractivity contribution < 1.29 is 9.21 Å². The van der Waals surface area contributed by atoms with Gasteiger partial charge < -0.3 is 9.73 Å². The molecule has 1 atom stereocenters. The zero-order valence-corrected chi connectivity index (χ0v) is 12.1. The Balaban J connectivity index is 1.57. The minimum absolute atomic E-state index is 0.0577. The average molecular weight is 291 g/mol. The maximum Gasteiger partial charge on any atom is 0.238 e. The van der Waals surface area contributed by atoms with Gasteiger partial charge in [-0.25, -0.2) is 4.98 Å². The van der Waals surface area contributed by atoms with E-state index in [1.807, 2.05) is 25.1 Å². The summed E-state index contributed by atoms with van der Waals surface area (Å²) in [6.07, 6.45) is 0.611. The number of rotatable bonds is 4. The Morgan fingerprint density at radius 3 is 3.25 bits per heavy atom. The highest BCUT2D eigenvalue weighted by Crippen LogP contribution is 2.18. The lowest BCUT2D eigenvalue weighted by atomic mass is 10.2.